The SMILES string of the molecule is CC(C)N(CC(=O)N1CCn2cccc2C1c1ccccc1)S(C)(=O)=O. The molecule has 1 aliphatic heterocycles. The van der Waals surface area contributed by atoms with Crippen LogP contribution in [0.1, 0.15) is 31.1 Å². The number of amides is 1. The van der Waals surface area contributed by atoms with Crippen LogP contribution in [0.25, 0.3) is 0 Å². The number of rotatable bonds is 5. The Hall–Kier alpha value is -2.12. The highest BCUT2D eigenvalue weighted by Crippen LogP contribution is 2.32. The Labute approximate surface area is 155 Å². The van der Waals surface area contributed by atoms with E-state index < -0.39 is 10.0 Å². The summed E-state index contributed by atoms with van der Waals surface area (Å²) in [6.07, 6.45) is 3.17. The van der Waals surface area contributed by atoms with Gasteiger partial charge >= 0.3 is 0 Å². The van der Waals surface area contributed by atoms with Crippen LogP contribution in [0.2, 0.25) is 0 Å². The van der Waals surface area contributed by atoms with Gasteiger partial charge < -0.3 is 9.47 Å². The van der Waals surface area contributed by atoms with Crippen molar-refractivity contribution >= 4 is 15.9 Å². The lowest BCUT2D eigenvalue weighted by molar-refractivity contribution is -0.134. The van der Waals surface area contributed by atoms with Crippen LogP contribution in [0, 0.1) is 0 Å². The number of sulfonamides is 1. The van der Waals surface area contributed by atoms with Crippen molar-refractivity contribution in [2.24, 2.45) is 0 Å². The Bertz CT molecular complexity index is 874. The van der Waals surface area contributed by atoms with E-state index in [0.29, 0.717) is 13.1 Å². The maximum atomic E-state index is 13.1. The van der Waals surface area contributed by atoms with Crippen molar-refractivity contribution in [3.05, 3.63) is 59.9 Å². The molecular weight excluding hydrogens is 350 g/mol. The molecule has 7 heteroatoms. The highest BCUT2D eigenvalue weighted by molar-refractivity contribution is 7.88. The van der Waals surface area contributed by atoms with Gasteiger partial charge in [0.05, 0.1) is 18.8 Å². The van der Waals surface area contributed by atoms with E-state index in [1.165, 1.54) is 4.31 Å². The van der Waals surface area contributed by atoms with Crippen LogP contribution in [0.5, 0.6) is 0 Å². The molecule has 1 unspecified atom stereocenters. The maximum Gasteiger partial charge on any atom is 0.238 e. The van der Waals surface area contributed by atoms with E-state index in [2.05, 4.69) is 4.57 Å². The van der Waals surface area contributed by atoms with E-state index in [0.717, 1.165) is 17.5 Å². The third kappa shape index (κ3) is 3.68. The van der Waals surface area contributed by atoms with Gasteiger partial charge in [-0.15, -0.1) is 0 Å². The minimum atomic E-state index is -3.45. The van der Waals surface area contributed by atoms with Crippen LogP contribution < -0.4 is 0 Å². The van der Waals surface area contributed by atoms with E-state index in [4.69, 9.17) is 0 Å². The molecule has 140 valence electrons. The molecule has 6 nitrogen and oxygen atoms in total. The van der Waals surface area contributed by atoms with Gasteiger partial charge in [0.1, 0.15) is 0 Å². The van der Waals surface area contributed by atoms with Crippen molar-refractivity contribution < 1.29 is 13.2 Å². The summed E-state index contributed by atoms with van der Waals surface area (Å²) in [5.41, 5.74) is 2.07. The maximum absolute atomic E-state index is 13.1. The topological polar surface area (TPSA) is 62.6 Å². The van der Waals surface area contributed by atoms with Gasteiger partial charge in [0.2, 0.25) is 15.9 Å². The van der Waals surface area contributed by atoms with Crippen molar-refractivity contribution in [1.82, 2.24) is 13.8 Å². The number of benzene rings is 1. The average molecular weight is 375 g/mol. The van der Waals surface area contributed by atoms with Gasteiger partial charge in [0.25, 0.3) is 0 Å². The van der Waals surface area contributed by atoms with Crippen LogP contribution in [0.4, 0.5) is 0 Å². The van der Waals surface area contributed by atoms with Crippen molar-refractivity contribution in [2.75, 3.05) is 19.3 Å². The second-order valence-corrected chi connectivity index (χ2v) is 8.86. The molecule has 0 bridgehead atoms. The van der Waals surface area contributed by atoms with Gasteiger partial charge in [0.15, 0.2) is 0 Å². The van der Waals surface area contributed by atoms with Gasteiger partial charge in [0, 0.05) is 31.0 Å². The van der Waals surface area contributed by atoms with Crippen molar-refractivity contribution in [1.29, 1.82) is 0 Å². The Morgan fingerprint density at radius 3 is 2.46 bits per heavy atom. The molecule has 1 aliphatic rings. The van der Waals surface area contributed by atoms with E-state index in [1.807, 2.05) is 48.7 Å². The zero-order valence-electron chi connectivity index (χ0n) is 15.4. The molecule has 2 heterocycles. The Morgan fingerprint density at radius 2 is 1.85 bits per heavy atom. The highest BCUT2D eigenvalue weighted by Gasteiger charge is 2.34. The summed E-state index contributed by atoms with van der Waals surface area (Å²) in [5.74, 6) is -0.176. The van der Waals surface area contributed by atoms with E-state index >= 15 is 0 Å². The first-order valence-electron chi connectivity index (χ1n) is 8.75. The van der Waals surface area contributed by atoms with E-state index in [9.17, 15) is 13.2 Å². The lowest BCUT2D eigenvalue weighted by Gasteiger charge is -2.38. The van der Waals surface area contributed by atoms with E-state index in [-0.39, 0.29) is 24.5 Å². The number of fused-ring (bicyclic) bond motifs is 1. The molecule has 0 radical (unpaired) electrons. The summed E-state index contributed by atoms with van der Waals surface area (Å²) in [4.78, 5) is 14.9. The number of carbonyl (C=O) groups excluding carboxylic acids is 1. The van der Waals surface area contributed by atoms with Crippen LogP contribution in [-0.2, 0) is 21.4 Å². The monoisotopic (exact) mass is 375 g/mol. The van der Waals surface area contributed by atoms with Crippen LogP contribution >= 0.6 is 0 Å². The second kappa shape index (κ2) is 7.25. The molecule has 0 saturated heterocycles. The number of aromatic nitrogens is 1. The molecule has 0 N–H and O–H groups in total. The summed E-state index contributed by atoms with van der Waals surface area (Å²) < 4.78 is 27.5. The molecule has 1 aromatic carbocycles. The first-order valence-corrected chi connectivity index (χ1v) is 10.6. The van der Waals surface area contributed by atoms with E-state index in [1.54, 1.807) is 18.7 Å². The lowest BCUT2D eigenvalue weighted by Crippen LogP contribution is -2.49. The quantitative estimate of drug-likeness (QED) is 0.804. The van der Waals surface area contributed by atoms with Gasteiger partial charge in [-0.05, 0) is 31.5 Å². The van der Waals surface area contributed by atoms with Gasteiger partial charge in [-0.1, -0.05) is 30.3 Å². The fourth-order valence-electron chi connectivity index (χ4n) is 3.55. The summed E-state index contributed by atoms with van der Waals surface area (Å²) in [6, 6.07) is 13.4. The molecule has 2 aromatic rings. The molecular formula is C19H25N3O3S. The number of nitrogens with zero attached hydrogens (tertiary/aromatic N) is 3. The molecule has 0 spiro atoms. The van der Waals surface area contributed by atoms with Crippen molar-refractivity contribution in [3.8, 4) is 0 Å². The molecule has 1 aromatic heterocycles. The molecule has 0 saturated carbocycles. The minimum Gasteiger partial charge on any atom is -0.348 e. The standard InChI is InChI=1S/C19H25N3O3S/c1-15(2)22(26(3,24)25)14-18(23)21-13-12-20-11-7-10-17(20)19(21)16-8-5-4-6-9-16/h4-11,15,19H,12-14H2,1-3H3. The number of hydrogen-bond acceptors (Lipinski definition) is 3. The largest absolute Gasteiger partial charge is 0.348 e. The molecule has 1 amide bonds. The average Bonchev–Trinajstić information content (AvgIpc) is 3.06. The zero-order valence-corrected chi connectivity index (χ0v) is 16.2. The zero-order chi connectivity index (χ0) is 18.9. The predicted octanol–water partition coefficient (Wildman–Crippen LogP) is 2.09. The number of carbonyl (C=O) groups is 1. The first-order chi connectivity index (χ1) is 12.3. The molecule has 1 atom stereocenters. The minimum absolute atomic E-state index is 0.138. The first kappa shape index (κ1) is 18.7. The summed E-state index contributed by atoms with van der Waals surface area (Å²) in [5, 5.41) is 0. The third-order valence-electron chi connectivity index (χ3n) is 4.77. The molecule has 26 heavy (non-hydrogen) atoms. The Kier molecular flexibility index (Phi) is 5.20. The summed E-state index contributed by atoms with van der Waals surface area (Å²) in [7, 11) is -3.45. The van der Waals surface area contributed by atoms with Gasteiger partial charge in [-0.2, -0.15) is 4.31 Å². The molecule has 3 rings (SSSR count). The highest BCUT2D eigenvalue weighted by atomic mass is 32.2. The second-order valence-electron chi connectivity index (χ2n) is 6.93. The van der Waals surface area contributed by atoms with Crippen molar-refractivity contribution in [3.63, 3.8) is 0 Å². The van der Waals surface area contributed by atoms with Gasteiger partial charge in [-0.3, -0.25) is 4.79 Å². The Balaban J connectivity index is 1.94. The predicted molar refractivity (Wildman–Crippen MR) is 101 cm³/mol. The third-order valence-corrected chi connectivity index (χ3v) is 6.17. The summed E-state index contributed by atoms with van der Waals surface area (Å²) >= 11 is 0. The molecule has 0 fully saturated rings. The van der Waals surface area contributed by atoms with Crippen molar-refractivity contribution in [2.45, 2.75) is 32.5 Å². The number of hydrogen-bond donors (Lipinski definition) is 0. The normalized spacial score (nSPS) is 17.6. The van der Waals surface area contributed by atoms with Crippen LogP contribution in [-0.4, -0.2) is 53.5 Å². The summed E-state index contributed by atoms with van der Waals surface area (Å²) in [6.45, 7) is 4.68. The Morgan fingerprint density at radius 1 is 1.15 bits per heavy atom. The van der Waals surface area contributed by atoms with Crippen LogP contribution in [0.15, 0.2) is 48.7 Å². The fourth-order valence-corrected chi connectivity index (χ4v) is 4.66. The van der Waals surface area contributed by atoms with Crippen LogP contribution in [0.3, 0.4) is 0 Å². The smallest absolute Gasteiger partial charge is 0.238 e. The lowest BCUT2D eigenvalue weighted by atomic mass is 10.00. The fraction of sp³-hybridized carbons (Fsp3) is 0.421. The van der Waals surface area contributed by atoms with Gasteiger partial charge in [-0.25, -0.2) is 8.42 Å². The molecule has 0 aliphatic carbocycles.